The number of hydrogen-bond donors (Lipinski definition) is 0. The zero-order valence-electron chi connectivity index (χ0n) is 28.5. The highest BCUT2D eigenvalue weighted by Gasteiger charge is 2.38. The summed E-state index contributed by atoms with van der Waals surface area (Å²) in [7, 11) is 0. The molecule has 0 aromatic heterocycles. The summed E-state index contributed by atoms with van der Waals surface area (Å²) in [5.41, 5.74) is 20.9. The predicted molar refractivity (Wildman–Crippen MR) is 188 cm³/mol. The quantitative estimate of drug-likeness (QED) is 0.215. The summed E-state index contributed by atoms with van der Waals surface area (Å²) in [6, 6.07) is 23.6. The van der Waals surface area contributed by atoms with E-state index < -0.39 is 0 Å². The van der Waals surface area contributed by atoms with E-state index in [4.69, 9.17) is 10.2 Å². The molecule has 0 spiro atoms. The van der Waals surface area contributed by atoms with Gasteiger partial charge in [-0.25, -0.2) is 0 Å². The third-order valence-electron chi connectivity index (χ3n) is 11.4. The molecule has 0 amide bonds. The Bertz CT molecular complexity index is 1730. The lowest BCUT2D eigenvalue weighted by Crippen LogP contribution is -2.33. The Balaban J connectivity index is 1.46. The Morgan fingerprint density at radius 1 is 0.432 bits per heavy atom. The van der Waals surface area contributed by atoms with Gasteiger partial charge in [0.15, 0.2) is 0 Å². The molecule has 2 nitrogen and oxygen atoms in total. The summed E-state index contributed by atoms with van der Waals surface area (Å²) in [4.78, 5) is 0. The second-order valence-electron chi connectivity index (χ2n) is 14.3. The number of rotatable bonds is 3. The lowest BCUT2D eigenvalue weighted by atomic mass is 9.65. The van der Waals surface area contributed by atoms with Gasteiger partial charge in [-0.1, -0.05) is 62.4 Å². The Morgan fingerprint density at radius 2 is 0.773 bits per heavy atom. The van der Waals surface area contributed by atoms with Crippen LogP contribution in [-0.4, -0.2) is 11.4 Å². The van der Waals surface area contributed by atoms with E-state index >= 15 is 0 Å². The standard InChI is InChI=1S/C42H48N2/c1-25-11-13-33(19-27(25)3)41(9)17-15-39(35-21-29(5)31(7)23-37(35)41)43-44-40-16-18-42(10,34-14-12-26(2)28(4)20-34)38-24-32(8)30(6)22-36(38)40/h11-14,19-24H,15-18H2,1-10H3/b43-39+,44-40+. The minimum atomic E-state index is -0.0571. The number of benzene rings is 4. The Morgan fingerprint density at radius 3 is 1.14 bits per heavy atom. The molecular weight excluding hydrogens is 532 g/mol. The maximum Gasteiger partial charge on any atom is 0.0706 e. The maximum absolute atomic E-state index is 5.11. The topological polar surface area (TPSA) is 24.7 Å². The van der Waals surface area contributed by atoms with Crippen molar-refractivity contribution in [3.63, 3.8) is 0 Å². The van der Waals surface area contributed by atoms with Gasteiger partial charge in [0.2, 0.25) is 0 Å². The number of hydrogen-bond acceptors (Lipinski definition) is 2. The van der Waals surface area contributed by atoms with Gasteiger partial charge in [0.05, 0.1) is 11.4 Å². The van der Waals surface area contributed by atoms with E-state index in [2.05, 4.69) is 130 Å². The Kier molecular flexibility index (Phi) is 7.55. The smallest absolute Gasteiger partial charge is 0.0706 e. The first kappa shape index (κ1) is 30.3. The van der Waals surface area contributed by atoms with Crippen LogP contribution in [0.4, 0.5) is 0 Å². The van der Waals surface area contributed by atoms with Gasteiger partial charge >= 0.3 is 0 Å². The molecule has 0 N–H and O–H groups in total. The first-order valence-electron chi connectivity index (χ1n) is 16.3. The molecule has 2 atom stereocenters. The Labute approximate surface area is 265 Å². The molecule has 2 unspecified atom stereocenters. The lowest BCUT2D eigenvalue weighted by Gasteiger charge is -2.38. The van der Waals surface area contributed by atoms with Crippen molar-refractivity contribution in [2.45, 2.75) is 106 Å². The van der Waals surface area contributed by atoms with E-state index in [0.29, 0.717) is 0 Å². The van der Waals surface area contributed by atoms with Crippen molar-refractivity contribution in [1.29, 1.82) is 0 Å². The molecule has 0 bridgehead atoms. The summed E-state index contributed by atoms with van der Waals surface area (Å²) in [5.74, 6) is 0. The lowest BCUT2D eigenvalue weighted by molar-refractivity contribution is 0.517. The molecule has 6 rings (SSSR count). The second kappa shape index (κ2) is 11.0. The van der Waals surface area contributed by atoms with Crippen LogP contribution in [0.1, 0.15) is 117 Å². The molecule has 4 aromatic rings. The van der Waals surface area contributed by atoms with Gasteiger partial charge in [-0.3, -0.25) is 0 Å². The minimum Gasteiger partial charge on any atom is -0.155 e. The van der Waals surface area contributed by atoms with Crippen LogP contribution in [0.5, 0.6) is 0 Å². The fourth-order valence-electron chi connectivity index (χ4n) is 7.40. The molecule has 226 valence electrons. The highest BCUT2D eigenvalue weighted by atomic mass is 15.2. The summed E-state index contributed by atoms with van der Waals surface area (Å²) < 4.78 is 0. The van der Waals surface area contributed by atoms with Crippen LogP contribution in [0, 0.1) is 55.4 Å². The molecule has 2 aliphatic rings. The third kappa shape index (κ3) is 4.97. The highest BCUT2D eigenvalue weighted by molar-refractivity contribution is 6.07. The SMILES string of the molecule is Cc1ccc(C2(C)CC/C(=N\N=C3/CCC(C)(c4ccc(C)c(C)c4)c4cc(C)c(C)cc43)c3cc(C)c(C)cc32)cc1C. The Hall–Kier alpha value is -3.78. The molecule has 0 heterocycles. The molecule has 44 heavy (non-hydrogen) atoms. The maximum atomic E-state index is 5.11. The fourth-order valence-corrected chi connectivity index (χ4v) is 7.40. The molecule has 0 radical (unpaired) electrons. The normalized spacial score (nSPS) is 23.1. The number of aryl methyl sites for hydroxylation is 8. The van der Waals surface area contributed by atoms with Crippen molar-refractivity contribution in [2.75, 3.05) is 0 Å². The number of fused-ring (bicyclic) bond motifs is 2. The van der Waals surface area contributed by atoms with Gasteiger partial charge in [-0.15, -0.1) is 0 Å². The first-order valence-corrected chi connectivity index (χ1v) is 16.3. The third-order valence-corrected chi connectivity index (χ3v) is 11.4. The largest absolute Gasteiger partial charge is 0.155 e. The summed E-state index contributed by atoms with van der Waals surface area (Å²) in [6.45, 7) is 22.6. The molecule has 2 aliphatic carbocycles. The van der Waals surface area contributed by atoms with Crippen LogP contribution in [0.3, 0.4) is 0 Å². The molecule has 0 saturated heterocycles. The van der Waals surface area contributed by atoms with E-state index in [1.54, 1.807) is 0 Å². The van der Waals surface area contributed by atoms with Crippen LogP contribution in [0.15, 0.2) is 70.9 Å². The van der Waals surface area contributed by atoms with E-state index in [1.165, 1.54) is 77.9 Å². The van der Waals surface area contributed by atoms with Gasteiger partial charge in [0.1, 0.15) is 0 Å². The molecule has 0 fully saturated rings. The monoisotopic (exact) mass is 580 g/mol. The molecule has 0 saturated carbocycles. The van der Waals surface area contributed by atoms with E-state index in [1.807, 2.05) is 0 Å². The molecular formula is C42H48N2. The summed E-state index contributed by atoms with van der Waals surface area (Å²) in [6.07, 6.45) is 3.87. The van der Waals surface area contributed by atoms with Crippen LogP contribution >= 0.6 is 0 Å². The van der Waals surface area contributed by atoms with Crippen molar-refractivity contribution >= 4 is 11.4 Å². The van der Waals surface area contributed by atoms with Crippen LogP contribution in [0.2, 0.25) is 0 Å². The number of nitrogens with zero attached hydrogens (tertiary/aromatic N) is 2. The highest BCUT2D eigenvalue weighted by Crippen LogP contribution is 2.46. The van der Waals surface area contributed by atoms with Gasteiger partial charge < -0.3 is 0 Å². The van der Waals surface area contributed by atoms with Crippen molar-refractivity contribution in [3.8, 4) is 0 Å². The van der Waals surface area contributed by atoms with Crippen molar-refractivity contribution in [1.82, 2.24) is 0 Å². The van der Waals surface area contributed by atoms with Gasteiger partial charge in [-0.05, 0) is 160 Å². The second-order valence-corrected chi connectivity index (χ2v) is 14.3. The average molecular weight is 581 g/mol. The summed E-state index contributed by atoms with van der Waals surface area (Å²) in [5, 5.41) is 10.2. The predicted octanol–water partition coefficient (Wildman–Crippen LogP) is 10.5. The van der Waals surface area contributed by atoms with Gasteiger partial charge in [-0.2, -0.15) is 10.2 Å². The zero-order chi connectivity index (χ0) is 31.6. The summed E-state index contributed by atoms with van der Waals surface area (Å²) >= 11 is 0. The average Bonchev–Trinajstić information content (AvgIpc) is 2.98. The van der Waals surface area contributed by atoms with Crippen molar-refractivity contribution < 1.29 is 0 Å². The fraction of sp³-hybridized carbons (Fsp3) is 0.381. The van der Waals surface area contributed by atoms with E-state index in [-0.39, 0.29) is 10.8 Å². The van der Waals surface area contributed by atoms with E-state index in [0.717, 1.165) is 37.1 Å². The first-order chi connectivity index (χ1) is 20.8. The van der Waals surface area contributed by atoms with E-state index in [9.17, 15) is 0 Å². The van der Waals surface area contributed by atoms with Gasteiger partial charge in [0.25, 0.3) is 0 Å². The molecule has 2 heteroatoms. The van der Waals surface area contributed by atoms with Crippen molar-refractivity contribution in [3.05, 3.63) is 139 Å². The van der Waals surface area contributed by atoms with Gasteiger partial charge in [0, 0.05) is 22.0 Å². The molecule has 0 aliphatic heterocycles. The van der Waals surface area contributed by atoms with Crippen molar-refractivity contribution in [2.24, 2.45) is 10.2 Å². The van der Waals surface area contributed by atoms with Crippen LogP contribution in [-0.2, 0) is 10.8 Å². The molecule has 4 aromatic carbocycles. The minimum absolute atomic E-state index is 0.0571. The van der Waals surface area contributed by atoms with Crippen LogP contribution in [0.25, 0.3) is 0 Å². The zero-order valence-corrected chi connectivity index (χ0v) is 28.5. The van der Waals surface area contributed by atoms with Crippen LogP contribution < -0.4 is 0 Å².